The van der Waals surface area contributed by atoms with Crippen LogP contribution in [0.2, 0.25) is 0 Å². The third-order valence-corrected chi connectivity index (χ3v) is 5.71. The van der Waals surface area contributed by atoms with Gasteiger partial charge in [-0.05, 0) is 38.2 Å². The van der Waals surface area contributed by atoms with Crippen molar-refractivity contribution in [3.8, 4) is 0 Å². The van der Waals surface area contributed by atoms with E-state index in [9.17, 15) is 19.5 Å². The van der Waals surface area contributed by atoms with Crippen LogP contribution in [0, 0.1) is 5.92 Å². The van der Waals surface area contributed by atoms with Crippen molar-refractivity contribution in [3.05, 3.63) is 16.0 Å². The molecule has 0 unspecified atom stereocenters. The van der Waals surface area contributed by atoms with Gasteiger partial charge in [0.2, 0.25) is 5.91 Å². The highest BCUT2D eigenvalue weighted by Crippen LogP contribution is 2.38. The molecule has 1 aromatic heterocycles. The molecule has 150 valence electrons. The lowest BCUT2D eigenvalue weighted by Gasteiger charge is -2.17. The molecule has 2 rings (SSSR count). The first-order valence-electron chi connectivity index (χ1n) is 9.49. The van der Waals surface area contributed by atoms with E-state index in [0.717, 1.165) is 36.1 Å². The van der Waals surface area contributed by atoms with Gasteiger partial charge in [-0.2, -0.15) is 0 Å². The largest absolute Gasteiger partial charge is 0.544 e. The molecule has 1 heterocycles. The third kappa shape index (κ3) is 5.77. The Balaban J connectivity index is 2.15. The van der Waals surface area contributed by atoms with E-state index >= 15 is 0 Å². The number of rotatable bonds is 9. The highest BCUT2D eigenvalue weighted by molar-refractivity contribution is 7.17. The summed E-state index contributed by atoms with van der Waals surface area (Å²) in [7, 11) is 0. The molecule has 1 amide bonds. The molecule has 3 N–H and O–H groups in total. The summed E-state index contributed by atoms with van der Waals surface area (Å²) in [6, 6.07) is -0.951. The van der Waals surface area contributed by atoms with Crippen LogP contribution in [0.15, 0.2) is 0 Å². The average Bonchev–Trinajstić information content (AvgIpc) is 2.96. The number of amides is 1. The Morgan fingerprint density at radius 1 is 1.26 bits per heavy atom. The van der Waals surface area contributed by atoms with E-state index < -0.39 is 23.9 Å². The number of quaternary nitrogens is 1. The normalized spacial score (nSPS) is 14.5. The molecule has 1 aliphatic carbocycles. The monoisotopic (exact) mass is 396 g/mol. The number of carboxylic acid groups (broad SMARTS) is 1. The Kier molecular flexibility index (Phi) is 7.79. The second-order valence-corrected chi connectivity index (χ2v) is 8.28. The van der Waals surface area contributed by atoms with Crippen molar-refractivity contribution in [1.29, 1.82) is 0 Å². The average molecular weight is 397 g/mol. The zero-order valence-electron chi connectivity index (χ0n) is 16.1. The number of nitrogens with one attached hydrogen (secondary N) is 1. The molecule has 0 aliphatic heterocycles. The van der Waals surface area contributed by atoms with Crippen molar-refractivity contribution in [3.63, 3.8) is 0 Å². The van der Waals surface area contributed by atoms with Gasteiger partial charge < -0.3 is 25.3 Å². The lowest BCUT2D eigenvalue weighted by atomic mass is 9.95. The van der Waals surface area contributed by atoms with Gasteiger partial charge in [0, 0.05) is 10.8 Å². The van der Waals surface area contributed by atoms with Gasteiger partial charge in [-0.15, -0.1) is 11.3 Å². The van der Waals surface area contributed by atoms with Crippen molar-refractivity contribution in [2.75, 3.05) is 18.5 Å². The van der Waals surface area contributed by atoms with Crippen LogP contribution in [-0.2, 0) is 27.2 Å². The van der Waals surface area contributed by atoms with Gasteiger partial charge in [0.25, 0.3) is 0 Å². The maximum Gasteiger partial charge on any atom is 0.341 e. The summed E-state index contributed by atoms with van der Waals surface area (Å²) in [4.78, 5) is 37.3. The van der Waals surface area contributed by atoms with Crippen molar-refractivity contribution >= 4 is 34.2 Å². The number of ether oxygens (including phenoxy) is 1. The molecule has 0 saturated heterocycles. The summed E-state index contributed by atoms with van der Waals surface area (Å²) >= 11 is 1.39. The minimum absolute atomic E-state index is 0.208. The van der Waals surface area contributed by atoms with E-state index in [0.29, 0.717) is 23.0 Å². The molecule has 0 spiro atoms. The second kappa shape index (κ2) is 9.85. The highest BCUT2D eigenvalue weighted by atomic mass is 32.1. The van der Waals surface area contributed by atoms with Crippen molar-refractivity contribution in [1.82, 2.24) is 0 Å². The quantitative estimate of drug-likeness (QED) is 0.589. The smallest absolute Gasteiger partial charge is 0.341 e. The van der Waals surface area contributed by atoms with Crippen molar-refractivity contribution < 1.29 is 29.5 Å². The number of carbonyl (C=O) groups is 3. The van der Waals surface area contributed by atoms with Crippen LogP contribution in [0.3, 0.4) is 0 Å². The Labute approximate surface area is 163 Å². The van der Waals surface area contributed by atoms with E-state index in [1.54, 1.807) is 12.2 Å². The van der Waals surface area contributed by atoms with E-state index in [2.05, 4.69) is 5.32 Å². The van der Waals surface area contributed by atoms with Crippen LogP contribution in [-0.4, -0.2) is 37.0 Å². The number of anilines is 1. The summed E-state index contributed by atoms with van der Waals surface area (Å²) in [5, 5.41) is 16.2. The Hall–Kier alpha value is -1.93. The number of esters is 1. The maximum atomic E-state index is 12.4. The fraction of sp³-hybridized carbons (Fsp3) is 0.632. The topological polar surface area (TPSA) is 112 Å². The maximum absolute atomic E-state index is 12.4. The van der Waals surface area contributed by atoms with Crippen LogP contribution in [0.4, 0.5) is 5.00 Å². The summed E-state index contributed by atoms with van der Waals surface area (Å²) in [5.41, 5.74) is 1.39. The predicted molar refractivity (Wildman–Crippen MR) is 101 cm³/mol. The van der Waals surface area contributed by atoms with Crippen LogP contribution in [0.1, 0.15) is 60.8 Å². The Morgan fingerprint density at radius 3 is 2.59 bits per heavy atom. The fourth-order valence-corrected chi connectivity index (χ4v) is 4.44. The zero-order valence-corrected chi connectivity index (χ0v) is 16.9. The molecule has 1 atom stereocenters. The molecule has 0 radical (unpaired) electrons. The van der Waals surface area contributed by atoms with Crippen molar-refractivity contribution in [2.45, 2.75) is 58.9 Å². The third-order valence-electron chi connectivity index (χ3n) is 4.50. The number of carbonyl (C=O) groups excluding carboxylic acids is 3. The lowest BCUT2D eigenvalue weighted by molar-refractivity contribution is -0.686. The molecule has 0 aromatic carbocycles. The lowest BCUT2D eigenvalue weighted by Crippen LogP contribution is -2.94. The highest BCUT2D eigenvalue weighted by Gasteiger charge is 2.28. The Bertz CT molecular complexity index is 699. The Morgan fingerprint density at radius 2 is 1.96 bits per heavy atom. The number of fused-ring (bicyclic) bond motifs is 1. The minimum Gasteiger partial charge on any atom is -0.544 e. The summed E-state index contributed by atoms with van der Waals surface area (Å²) in [6.45, 7) is 6.54. The van der Waals surface area contributed by atoms with Gasteiger partial charge in [0.1, 0.15) is 11.0 Å². The standard InChI is InChI=1S/C19H28N2O5S/c1-4-26-19(25)16-12-7-5-6-8-14(12)27-17(16)21-15(22)9-13(18(23)24)20-10-11(2)3/h11,13,20H,4-10H2,1-3H3,(H,21,22)(H,23,24)/t13-/m1/s1. The van der Waals surface area contributed by atoms with Crippen LogP contribution < -0.4 is 15.7 Å². The predicted octanol–water partition coefficient (Wildman–Crippen LogP) is 0.470. The molecule has 1 aromatic rings. The fourth-order valence-electron chi connectivity index (χ4n) is 3.15. The molecule has 7 nitrogen and oxygen atoms in total. The molecule has 0 fully saturated rings. The molecule has 1 aliphatic rings. The van der Waals surface area contributed by atoms with Crippen LogP contribution >= 0.6 is 11.3 Å². The first-order chi connectivity index (χ1) is 12.8. The number of aryl methyl sites for hydroxylation is 1. The van der Waals surface area contributed by atoms with Gasteiger partial charge in [-0.25, -0.2) is 4.79 Å². The molecule has 0 bridgehead atoms. The number of hydrogen-bond acceptors (Lipinski definition) is 6. The SMILES string of the molecule is CCOC(=O)c1c(NC(=O)C[C@@H]([NH2+]CC(C)C)C(=O)[O-])sc2c1CCCC2. The first-order valence-corrected chi connectivity index (χ1v) is 10.3. The number of nitrogens with two attached hydrogens (primary N) is 1. The number of aliphatic carboxylic acids is 1. The second-order valence-electron chi connectivity index (χ2n) is 7.18. The molecule has 8 heteroatoms. The van der Waals surface area contributed by atoms with Crippen LogP contribution in [0.25, 0.3) is 0 Å². The van der Waals surface area contributed by atoms with E-state index in [4.69, 9.17) is 4.74 Å². The first kappa shape index (κ1) is 21.4. The van der Waals surface area contributed by atoms with E-state index in [1.807, 2.05) is 13.8 Å². The zero-order chi connectivity index (χ0) is 20.0. The number of carboxylic acids is 1. The number of thiophene rings is 1. The van der Waals surface area contributed by atoms with Gasteiger partial charge in [0.15, 0.2) is 0 Å². The molecule has 27 heavy (non-hydrogen) atoms. The molecular weight excluding hydrogens is 368 g/mol. The van der Waals surface area contributed by atoms with E-state index in [-0.39, 0.29) is 13.0 Å². The van der Waals surface area contributed by atoms with E-state index in [1.165, 1.54) is 11.3 Å². The van der Waals surface area contributed by atoms with Gasteiger partial charge in [0.05, 0.1) is 31.1 Å². The number of hydrogen-bond donors (Lipinski definition) is 2. The summed E-state index contributed by atoms with van der Waals surface area (Å²) in [5.74, 6) is -1.83. The molecule has 0 saturated carbocycles. The van der Waals surface area contributed by atoms with Gasteiger partial charge >= 0.3 is 5.97 Å². The van der Waals surface area contributed by atoms with Crippen molar-refractivity contribution in [2.24, 2.45) is 5.92 Å². The van der Waals surface area contributed by atoms with Gasteiger partial charge in [-0.3, -0.25) is 4.79 Å². The summed E-state index contributed by atoms with van der Waals surface area (Å²) in [6.07, 6.45) is 3.52. The van der Waals surface area contributed by atoms with Crippen LogP contribution in [0.5, 0.6) is 0 Å². The minimum atomic E-state index is -1.26. The molecular formula is C19H28N2O5S. The van der Waals surface area contributed by atoms with Gasteiger partial charge in [-0.1, -0.05) is 13.8 Å². The summed E-state index contributed by atoms with van der Waals surface area (Å²) < 4.78 is 5.16.